The minimum Gasteiger partial charge on any atom is -0.495 e. The van der Waals surface area contributed by atoms with Gasteiger partial charge in [0.2, 0.25) is 15.9 Å². The summed E-state index contributed by atoms with van der Waals surface area (Å²) in [6.07, 6.45) is 0. The van der Waals surface area contributed by atoms with Gasteiger partial charge in [-0.1, -0.05) is 23.8 Å². The van der Waals surface area contributed by atoms with Crippen molar-refractivity contribution in [2.24, 2.45) is 0 Å². The summed E-state index contributed by atoms with van der Waals surface area (Å²) in [6, 6.07) is 15.9. The standard InChI is InChI=1S/C28H33N3O7S2/c1-20-5-7-24(8-6-20)40(35,36)31(23-16-21(2)15-22(3)17-23)19-28(32)29-26-18-25(9-10-27(26)37-4)39(33,34)30-11-13-38-14-12-30/h5-10,15-18H,11-14,19H2,1-4H3,(H,29,32). The molecule has 0 unspecified atom stereocenters. The van der Waals surface area contributed by atoms with Crippen LogP contribution < -0.4 is 14.4 Å². The van der Waals surface area contributed by atoms with Gasteiger partial charge < -0.3 is 14.8 Å². The third kappa shape index (κ3) is 6.47. The fraction of sp³-hybridized carbons (Fsp3) is 0.321. The molecule has 1 fully saturated rings. The highest BCUT2D eigenvalue weighted by atomic mass is 32.2. The van der Waals surface area contributed by atoms with Crippen molar-refractivity contribution in [1.29, 1.82) is 0 Å². The van der Waals surface area contributed by atoms with E-state index < -0.39 is 32.5 Å². The number of hydrogen-bond donors (Lipinski definition) is 1. The zero-order valence-corrected chi connectivity index (χ0v) is 24.5. The molecule has 1 N–H and O–H groups in total. The van der Waals surface area contributed by atoms with Crippen LogP contribution in [0.25, 0.3) is 0 Å². The topological polar surface area (TPSA) is 122 Å². The minimum atomic E-state index is -4.13. The molecule has 1 aliphatic heterocycles. The highest BCUT2D eigenvalue weighted by molar-refractivity contribution is 7.92. The Morgan fingerprint density at radius 3 is 2.08 bits per heavy atom. The number of sulfonamides is 2. The lowest BCUT2D eigenvalue weighted by Crippen LogP contribution is -2.40. The molecule has 0 aliphatic carbocycles. The van der Waals surface area contributed by atoms with Crippen LogP contribution in [0.15, 0.2) is 70.5 Å². The lowest BCUT2D eigenvalue weighted by atomic mass is 10.1. The first-order valence-corrected chi connectivity index (χ1v) is 15.5. The molecule has 0 spiro atoms. The second-order valence-corrected chi connectivity index (χ2v) is 13.4. The number of anilines is 2. The van der Waals surface area contributed by atoms with E-state index in [9.17, 15) is 21.6 Å². The van der Waals surface area contributed by atoms with Crippen LogP contribution in [0.5, 0.6) is 5.75 Å². The first-order valence-electron chi connectivity index (χ1n) is 12.7. The molecule has 0 bridgehead atoms. The predicted octanol–water partition coefficient (Wildman–Crippen LogP) is 3.48. The molecule has 0 atom stereocenters. The lowest BCUT2D eigenvalue weighted by molar-refractivity contribution is -0.114. The van der Waals surface area contributed by atoms with E-state index in [0.29, 0.717) is 18.9 Å². The summed E-state index contributed by atoms with van der Waals surface area (Å²) in [6.45, 7) is 6.02. The number of aryl methyl sites for hydroxylation is 3. The zero-order chi connectivity index (χ0) is 29.1. The summed E-state index contributed by atoms with van der Waals surface area (Å²) in [7, 11) is -6.58. The molecule has 214 valence electrons. The zero-order valence-electron chi connectivity index (χ0n) is 22.9. The summed E-state index contributed by atoms with van der Waals surface area (Å²) in [5, 5.41) is 2.66. The normalized spacial score (nSPS) is 14.5. The van der Waals surface area contributed by atoms with Crippen molar-refractivity contribution in [3.8, 4) is 5.75 Å². The maximum atomic E-state index is 13.8. The monoisotopic (exact) mass is 587 g/mol. The molecule has 3 aromatic carbocycles. The molecule has 1 heterocycles. The smallest absolute Gasteiger partial charge is 0.264 e. The average molecular weight is 588 g/mol. The number of amides is 1. The summed E-state index contributed by atoms with van der Waals surface area (Å²) < 4.78 is 66.9. The molecular formula is C28H33N3O7S2. The second kappa shape index (κ2) is 12.0. The van der Waals surface area contributed by atoms with Gasteiger partial charge in [-0.15, -0.1) is 0 Å². The highest BCUT2D eigenvalue weighted by Gasteiger charge is 2.30. The van der Waals surface area contributed by atoms with Gasteiger partial charge in [0.15, 0.2) is 0 Å². The Morgan fingerprint density at radius 1 is 0.875 bits per heavy atom. The van der Waals surface area contributed by atoms with Crippen LogP contribution in [0, 0.1) is 20.8 Å². The van der Waals surface area contributed by atoms with Crippen LogP contribution in [0.2, 0.25) is 0 Å². The van der Waals surface area contributed by atoms with Gasteiger partial charge in [-0.05, 0) is 74.4 Å². The fourth-order valence-corrected chi connectivity index (χ4v) is 7.29. The summed E-state index contributed by atoms with van der Waals surface area (Å²) in [5.41, 5.74) is 3.01. The van der Waals surface area contributed by atoms with Crippen molar-refractivity contribution >= 4 is 37.3 Å². The third-order valence-electron chi connectivity index (χ3n) is 6.44. The minimum absolute atomic E-state index is 0.0241. The van der Waals surface area contributed by atoms with Gasteiger partial charge in [0.1, 0.15) is 12.3 Å². The number of nitrogens with one attached hydrogen (secondary N) is 1. The maximum absolute atomic E-state index is 13.8. The van der Waals surface area contributed by atoms with E-state index in [2.05, 4.69) is 5.32 Å². The molecule has 0 saturated carbocycles. The molecule has 3 aromatic rings. The van der Waals surface area contributed by atoms with Crippen LogP contribution in [0.4, 0.5) is 11.4 Å². The van der Waals surface area contributed by atoms with Gasteiger partial charge in [0.25, 0.3) is 10.0 Å². The molecule has 1 aliphatic rings. The number of methoxy groups -OCH3 is 1. The fourth-order valence-electron chi connectivity index (χ4n) is 4.45. The van der Waals surface area contributed by atoms with Crippen LogP contribution in [0.1, 0.15) is 16.7 Å². The average Bonchev–Trinajstić information content (AvgIpc) is 2.91. The van der Waals surface area contributed by atoms with Gasteiger partial charge in [-0.3, -0.25) is 9.10 Å². The molecule has 40 heavy (non-hydrogen) atoms. The van der Waals surface area contributed by atoms with Crippen molar-refractivity contribution in [3.05, 3.63) is 77.4 Å². The second-order valence-electron chi connectivity index (χ2n) is 9.60. The number of nitrogens with zero attached hydrogens (tertiary/aromatic N) is 2. The molecule has 1 amide bonds. The van der Waals surface area contributed by atoms with Gasteiger partial charge in [0.05, 0.1) is 41.5 Å². The molecule has 10 nitrogen and oxygen atoms in total. The van der Waals surface area contributed by atoms with Crippen LogP contribution in [0.3, 0.4) is 0 Å². The third-order valence-corrected chi connectivity index (χ3v) is 10.1. The number of carbonyl (C=O) groups is 1. The molecule has 0 aromatic heterocycles. The first kappa shape index (κ1) is 29.5. The Morgan fingerprint density at radius 2 is 1.48 bits per heavy atom. The first-order chi connectivity index (χ1) is 18.9. The number of ether oxygens (including phenoxy) is 2. The van der Waals surface area contributed by atoms with Crippen LogP contribution in [-0.4, -0.2) is 67.0 Å². The SMILES string of the molecule is COc1ccc(S(=O)(=O)N2CCOCC2)cc1NC(=O)CN(c1cc(C)cc(C)c1)S(=O)(=O)c1ccc(C)cc1. The largest absolute Gasteiger partial charge is 0.495 e. The Bertz CT molecular complexity index is 1580. The van der Waals surface area contributed by atoms with Gasteiger partial charge in [0, 0.05) is 13.1 Å². The van der Waals surface area contributed by atoms with Crippen molar-refractivity contribution in [2.45, 2.75) is 30.6 Å². The van der Waals surface area contributed by atoms with Crippen molar-refractivity contribution in [3.63, 3.8) is 0 Å². The molecule has 1 saturated heterocycles. The summed E-state index contributed by atoms with van der Waals surface area (Å²) in [4.78, 5) is 13.4. The number of hydrogen-bond acceptors (Lipinski definition) is 7. The van der Waals surface area contributed by atoms with E-state index in [1.807, 2.05) is 26.8 Å². The highest BCUT2D eigenvalue weighted by Crippen LogP contribution is 2.30. The molecular weight excluding hydrogens is 554 g/mol. The van der Waals surface area contributed by atoms with Crippen LogP contribution in [-0.2, 0) is 29.6 Å². The van der Waals surface area contributed by atoms with E-state index in [1.54, 1.807) is 24.3 Å². The number of morpholine rings is 1. The Balaban J connectivity index is 1.68. The Labute approximate surface area is 235 Å². The van der Waals surface area contributed by atoms with E-state index in [4.69, 9.17) is 9.47 Å². The van der Waals surface area contributed by atoms with Crippen molar-refractivity contribution < 1.29 is 31.1 Å². The van der Waals surface area contributed by atoms with Crippen molar-refractivity contribution in [1.82, 2.24) is 4.31 Å². The Kier molecular flexibility index (Phi) is 8.83. The van der Waals surface area contributed by atoms with E-state index in [1.165, 1.54) is 41.7 Å². The maximum Gasteiger partial charge on any atom is 0.264 e. The number of carbonyl (C=O) groups excluding carboxylic acids is 1. The predicted molar refractivity (Wildman–Crippen MR) is 153 cm³/mol. The van der Waals surface area contributed by atoms with E-state index in [0.717, 1.165) is 21.0 Å². The van der Waals surface area contributed by atoms with Crippen LogP contribution >= 0.6 is 0 Å². The quantitative estimate of drug-likeness (QED) is 0.407. The van der Waals surface area contributed by atoms with Gasteiger partial charge in [-0.2, -0.15) is 4.31 Å². The molecule has 12 heteroatoms. The molecule has 4 rings (SSSR count). The Hall–Kier alpha value is -3.45. The van der Waals surface area contributed by atoms with Crippen molar-refractivity contribution in [2.75, 3.05) is 49.6 Å². The van der Waals surface area contributed by atoms with Gasteiger partial charge >= 0.3 is 0 Å². The van der Waals surface area contributed by atoms with Gasteiger partial charge in [-0.25, -0.2) is 16.8 Å². The summed E-state index contributed by atoms with van der Waals surface area (Å²) >= 11 is 0. The van der Waals surface area contributed by atoms with E-state index in [-0.39, 0.29) is 34.3 Å². The number of benzene rings is 3. The lowest BCUT2D eigenvalue weighted by Gasteiger charge is -2.26. The summed E-state index contributed by atoms with van der Waals surface area (Å²) in [5.74, 6) is -0.442. The van der Waals surface area contributed by atoms with E-state index >= 15 is 0 Å². The molecule has 0 radical (unpaired) electrons. The number of rotatable bonds is 9.